The number of para-hydroxylation sites is 1. The van der Waals surface area contributed by atoms with Gasteiger partial charge in [0.05, 0.1) is 22.9 Å². The van der Waals surface area contributed by atoms with Crippen LogP contribution in [0.2, 0.25) is 0 Å². The number of amides is 1. The summed E-state index contributed by atoms with van der Waals surface area (Å²) in [5.41, 5.74) is 4.81. The Morgan fingerprint density at radius 1 is 0.628 bits per heavy atom. The molecule has 8 heteroatoms. The van der Waals surface area contributed by atoms with Crippen LogP contribution in [-0.4, -0.2) is 24.1 Å². The molecular weight excluding hydrogens is 544 g/mol. The van der Waals surface area contributed by atoms with Crippen LogP contribution in [0.3, 0.4) is 0 Å². The summed E-state index contributed by atoms with van der Waals surface area (Å²) < 4.78 is 17.0. The summed E-state index contributed by atoms with van der Waals surface area (Å²) >= 11 is 0. The number of rotatable bonds is 10. The summed E-state index contributed by atoms with van der Waals surface area (Å²) in [7, 11) is 0. The lowest BCUT2D eigenvalue weighted by Crippen LogP contribution is -2.19. The van der Waals surface area contributed by atoms with Crippen LogP contribution in [0.1, 0.15) is 42.2 Å². The molecule has 5 rings (SSSR count). The van der Waals surface area contributed by atoms with E-state index in [-0.39, 0.29) is 11.5 Å². The lowest BCUT2D eigenvalue weighted by atomic mass is 10.2. The fraction of sp³-hybridized carbons (Fsp3) is 0.0286. The molecule has 0 aliphatic rings. The van der Waals surface area contributed by atoms with E-state index in [0.29, 0.717) is 34.6 Å². The van der Waals surface area contributed by atoms with E-state index >= 15 is 0 Å². The van der Waals surface area contributed by atoms with Crippen molar-refractivity contribution in [3.63, 3.8) is 0 Å². The van der Waals surface area contributed by atoms with E-state index in [1.807, 2.05) is 30.3 Å². The molecule has 43 heavy (non-hydrogen) atoms. The zero-order chi connectivity index (χ0) is 29.9. The van der Waals surface area contributed by atoms with Crippen molar-refractivity contribution >= 4 is 24.1 Å². The molecule has 0 aliphatic heterocycles. The Labute approximate surface area is 248 Å². The Morgan fingerprint density at radius 3 is 1.88 bits per heavy atom. The molecule has 5 aromatic rings. The number of hydrogen-bond acceptors (Lipinski definition) is 7. The van der Waals surface area contributed by atoms with Gasteiger partial charge in [0.1, 0.15) is 23.9 Å². The number of carbonyl (C=O) groups excluding carboxylic acids is 3. The molecule has 212 valence electrons. The van der Waals surface area contributed by atoms with Gasteiger partial charge in [-0.3, -0.25) is 4.79 Å². The number of ether oxygens (including phenoxy) is 3. The third-order valence-corrected chi connectivity index (χ3v) is 6.16. The van der Waals surface area contributed by atoms with E-state index in [4.69, 9.17) is 14.2 Å². The van der Waals surface area contributed by atoms with Crippen LogP contribution < -0.4 is 19.6 Å². The Hall–Kier alpha value is -6.02. The lowest BCUT2D eigenvalue weighted by molar-refractivity contribution is 0.0731. The average molecular weight is 571 g/mol. The minimum absolute atomic E-state index is 0.0804. The number of hydrazone groups is 1. The Balaban J connectivity index is 1.32. The second kappa shape index (κ2) is 14.0. The van der Waals surface area contributed by atoms with E-state index < -0.39 is 17.8 Å². The second-order valence-corrected chi connectivity index (χ2v) is 9.18. The van der Waals surface area contributed by atoms with Crippen LogP contribution in [0.25, 0.3) is 0 Å². The molecule has 0 radical (unpaired) electrons. The van der Waals surface area contributed by atoms with Gasteiger partial charge in [-0.1, -0.05) is 78.9 Å². The van der Waals surface area contributed by atoms with E-state index in [0.717, 1.165) is 5.56 Å². The van der Waals surface area contributed by atoms with E-state index in [2.05, 4.69) is 10.5 Å². The van der Waals surface area contributed by atoms with Gasteiger partial charge < -0.3 is 14.2 Å². The Bertz CT molecular complexity index is 1740. The number of hydrogen-bond donors (Lipinski definition) is 1. The van der Waals surface area contributed by atoms with Crippen molar-refractivity contribution in [1.29, 1.82) is 0 Å². The summed E-state index contributed by atoms with van der Waals surface area (Å²) in [4.78, 5) is 38.4. The molecule has 0 fully saturated rings. The molecule has 0 unspecified atom stereocenters. The fourth-order valence-corrected chi connectivity index (χ4v) is 3.98. The first-order chi connectivity index (χ1) is 21.1. The van der Waals surface area contributed by atoms with Crippen molar-refractivity contribution in [2.24, 2.45) is 5.10 Å². The first-order valence-corrected chi connectivity index (χ1v) is 13.3. The van der Waals surface area contributed by atoms with Gasteiger partial charge in [0.15, 0.2) is 0 Å². The molecule has 0 saturated carbocycles. The average Bonchev–Trinajstić information content (AvgIpc) is 3.06. The number of benzene rings is 5. The molecule has 0 heterocycles. The minimum atomic E-state index is -0.615. The van der Waals surface area contributed by atoms with Gasteiger partial charge in [-0.25, -0.2) is 15.0 Å². The third kappa shape index (κ3) is 7.80. The fourth-order valence-electron chi connectivity index (χ4n) is 3.98. The highest BCUT2D eigenvalue weighted by Crippen LogP contribution is 2.26. The summed E-state index contributed by atoms with van der Waals surface area (Å²) in [5, 5.41) is 4.08. The van der Waals surface area contributed by atoms with Gasteiger partial charge in [0.25, 0.3) is 5.91 Å². The van der Waals surface area contributed by atoms with Crippen molar-refractivity contribution in [3.8, 4) is 17.2 Å². The summed E-state index contributed by atoms with van der Waals surface area (Å²) in [6.45, 7) is 0.297. The largest absolute Gasteiger partial charge is 0.488 e. The maximum atomic E-state index is 13.0. The maximum absolute atomic E-state index is 13.0. The molecule has 0 aliphatic carbocycles. The van der Waals surface area contributed by atoms with Crippen LogP contribution in [0.15, 0.2) is 139 Å². The van der Waals surface area contributed by atoms with E-state index in [1.54, 1.807) is 91.0 Å². The van der Waals surface area contributed by atoms with Crippen molar-refractivity contribution < 1.29 is 28.6 Å². The zero-order valence-electron chi connectivity index (χ0n) is 22.9. The van der Waals surface area contributed by atoms with Crippen molar-refractivity contribution in [2.45, 2.75) is 6.61 Å². The van der Waals surface area contributed by atoms with Crippen LogP contribution in [0.5, 0.6) is 17.2 Å². The van der Waals surface area contributed by atoms with Gasteiger partial charge in [0.2, 0.25) is 0 Å². The van der Waals surface area contributed by atoms with Crippen LogP contribution in [0.4, 0.5) is 0 Å². The van der Waals surface area contributed by atoms with Crippen LogP contribution >= 0.6 is 0 Å². The zero-order valence-corrected chi connectivity index (χ0v) is 22.9. The topological polar surface area (TPSA) is 103 Å². The Kier molecular flexibility index (Phi) is 9.31. The van der Waals surface area contributed by atoms with Crippen molar-refractivity contribution in [2.75, 3.05) is 0 Å². The quantitative estimate of drug-likeness (QED) is 0.0894. The number of carbonyl (C=O) groups is 3. The number of nitrogens with zero attached hydrogens (tertiary/aromatic N) is 1. The molecule has 0 aromatic heterocycles. The summed E-state index contributed by atoms with van der Waals surface area (Å²) in [5.74, 6) is -1.03. The van der Waals surface area contributed by atoms with E-state index in [9.17, 15) is 14.4 Å². The van der Waals surface area contributed by atoms with Gasteiger partial charge >= 0.3 is 11.9 Å². The van der Waals surface area contributed by atoms with Crippen molar-refractivity contribution in [1.82, 2.24) is 5.43 Å². The van der Waals surface area contributed by atoms with Crippen molar-refractivity contribution in [3.05, 3.63) is 161 Å². The molecule has 0 bridgehead atoms. The standard InChI is InChI=1S/C35H26N2O6/c38-33(30-18-10-11-19-31(30)41-24-25-12-4-1-5-13-25)37-36-23-28-20-21-29(42-34(39)26-14-6-2-7-15-26)22-32(28)43-35(40)27-16-8-3-9-17-27/h1-23H,24H2,(H,37,38). The molecule has 0 saturated heterocycles. The highest BCUT2D eigenvalue weighted by Gasteiger charge is 2.16. The Morgan fingerprint density at radius 2 is 1.21 bits per heavy atom. The maximum Gasteiger partial charge on any atom is 0.343 e. The molecular formula is C35H26N2O6. The highest BCUT2D eigenvalue weighted by atomic mass is 16.5. The predicted octanol–water partition coefficient (Wildman–Crippen LogP) is 6.47. The van der Waals surface area contributed by atoms with Gasteiger partial charge in [-0.2, -0.15) is 5.10 Å². The number of nitrogens with one attached hydrogen (secondary N) is 1. The van der Waals surface area contributed by atoms with Crippen LogP contribution in [-0.2, 0) is 6.61 Å². The highest BCUT2D eigenvalue weighted by molar-refractivity contribution is 5.98. The van der Waals surface area contributed by atoms with Crippen LogP contribution in [0, 0.1) is 0 Å². The SMILES string of the molecule is O=C(Oc1ccc(C=NNC(=O)c2ccccc2OCc2ccccc2)c(OC(=O)c2ccccc2)c1)c1ccccc1. The molecule has 8 nitrogen and oxygen atoms in total. The first-order valence-electron chi connectivity index (χ1n) is 13.3. The summed E-state index contributed by atoms with van der Waals surface area (Å²) in [6.07, 6.45) is 1.34. The van der Waals surface area contributed by atoms with Gasteiger partial charge in [0, 0.05) is 11.6 Å². The van der Waals surface area contributed by atoms with Gasteiger partial charge in [-0.15, -0.1) is 0 Å². The number of esters is 2. The summed E-state index contributed by atoms with van der Waals surface area (Å²) in [6, 6.07) is 37.9. The first kappa shape index (κ1) is 28.5. The smallest absolute Gasteiger partial charge is 0.343 e. The molecule has 1 N–H and O–H groups in total. The molecule has 0 atom stereocenters. The van der Waals surface area contributed by atoms with E-state index in [1.165, 1.54) is 18.3 Å². The lowest BCUT2D eigenvalue weighted by Gasteiger charge is -2.11. The minimum Gasteiger partial charge on any atom is -0.488 e. The second-order valence-electron chi connectivity index (χ2n) is 9.18. The normalized spacial score (nSPS) is 10.6. The molecule has 5 aromatic carbocycles. The monoisotopic (exact) mass is 570 g/mol. The predicted molar refractivity (Wildman–Crippen MR) is 162 cm³/mol. The van der Waals surface area contributed by atoms with Gasteiger partial charge in [-0.05, 0) is 54.1 Å². The molecule has 1 amide bonds. The molecule has 0 spiro atoms. The third-order valence-electron chi connectivity index (χ3n) is 6.16.